The highest BCUT2D eigenvalue weighted by molar-refractivity contribution is 7.98. The normalized spacial score (nSPS) is 10.9. The first-order valence-electron chi connectivity index (χ1n) is 8.72. The first kappa shape index (κ1) is 19.8. The van der Waals surface area contributed by atoms with Gasteiger partial charge in [0.1, 0.15) is 5.75 Å². The first-order chi connectivity index (χ1) is 14.2. The molecule has 2 aromatic heterocycles. The summed E-state index contributed by atoms with van der Waals surface area (Å²) in [6.45, 7) is 0. The van der Waals surface area contributed by atoms with E-state index < -0.39 is 0 Å². The number of aromatic nitrogens is 4. The lowest BCUT2D eigenvalue weighted by atomic mass is 10.2. The minimum Gasteiger partial charge on any atom is -0.497 e. The van der Waals surface area contributed by atoms with E-state index in [1.807, 2.05) is 53.1 Å². The maximum Gasteiger partial charge on any atom is 0.196 e. The van der Waals surface area contributed by atoms with Crippen LogP contribution >= 0.6 is 35.0 Å². The Bertz CT molecular complexity index is 1120. The van der Waals surface area contributed by atoms with E-state index in [1.54, 1.807) is 37.3 Å². The second-order valence-corrected chi connectivity index (χ2v) is 7.88. The third-order valence-electron chi connectivity index (χ3n) is 4.24. The number of nitrogens with zero attached hydrogens (tertiary/aromatic N) is 4. The molecule has 0 aliphatic rings. The van der Waals surface area contributed by atoms with Crippen molar-refractivity contribution in [3.05, 3.63) is 82.6 Å². The summed E-state index contributed by atoms with van der Waals surface area (Å²) in [4.78, 5) is 4.21. The molecule has 0 atom stereocenters. The second kappa shape index (κ2) is 8.86. The third-order valence-corrected chi connectivity index (χ3v) is 5.97. The predicted octanol–water partition coefficient (Wildman–Crippen LogP) is 5.94. The molecule has 0 radical (unpaired) electrons. The molecule has 0 amide bonds. The van der Waals surface area contributed by atoms with Crippen LogP contribution in [-0.2, 0) is 5.75 Å². The van der Waals surface area contributed by atoms with Gasteiger partial charge in [-0.2, -0.15) is 0 Å². The van der Waals surface area contributed by atoms with Gasteiger partial charge in [-0.25, -0.2) is 0 Å². The fraction of sp³-hybridized carbons (Fsp3) is 0.0952. The summed E-state index contributed by atoms with van der Waals surface area (Å²) in [5.41, 5.74) is 2.88. The van der Waals surface area contributed by atoms with Gasteiger partial charge in [0.25, 0.3) is 0 Å². The average Bonchev–Trinajstić information content (AvgIpc) is 3.19. The zero-order chi connectivity index (χ0) is 20.2. The Balaban J connectivity index is 1.71. The largest absolute Gasteiger partial charge is 0.497 e. The fourth-order valence-electron chi connectivity index (χ4n) is 2.79. The van der Waals surface area contributed by atoms with Crippen LogP contribution in [-0.4, -0.2) is 26.9 Å². The van der Waals surface area contributed by atoms with Gasteiger partial charge in [0.2, 0.25) is 0 Å². The van der Waals surface area contributed by atoms with E-state index in [9.17, 15) is 0 Å². The van der Waals surface area contributed by atoms with Crippen LogP contribution in [0.1, 0.15) is 5.56 Å². The van der Waals surface area contributed by atoms with E-state index in [0.717, 1.165) is 33.5 Å². The number of hydrogen-bond acceptors (Lipinski definition) is 5. The molecule has 8 heteroatoms. The van der Waals surface area contributed by atoms with Gasteiger partial charge in [0.05, 0.1) is 17.2 Å². The van der Waals surface area contributed by atoms with E-state index in [4.69, 9.17) is 27.9 Å². The second-order valence-electron chi connectivity index (χ2n) is 6.12. The molecule has 29 heavy (non-hydrogen) atoms. The highest BCUT2D eigenvalue weighted by atomic mass is 35.5. The van der Waals surface area contributed by atoms with E-state index >= 15 is 0 Å². The highest BCUT2D eigenvalue weighted by Crippen LogP contribution is 2.31. The molecule has 4 rings (SSSR count). The van der Waals surface area contributed by atoms with E-state index in [0.29, 0.717) is 15.8 Å². The number of benzene rings is 2. The summed E-state index contributed by atoms with van der Waals surface area (Å²) >= 11 is 13.7. The van der Waals surface area contributed by atoms with Gasteiger partial charge in [-0.05, 0) is 54.1 Å². The van der Waals surface area contributed by atoms with Crippen LogP contribution in [0.5, 0.6) is 5.75 Å². The van der Waals surface area contributed by atoms with Crippen molar-refractivity contribution in [2.75, 3.05) is 7.11 Å². The summed E-state index contributed by atoms with van der Waals surface area (Å²) in [7, 11) is 1.65. The van der Waals surface area contributed by atoms with Crippen molar-refractivity contribution < 1.29 is 4.74 Å². The summed E-state index contributed by atoms with van der Waals surface area (Å²) in [5, 5.41) is 10.7. The molecule has 0 spiro atoms. The van der Waals surface area contributed by atoms with Crippen LogP contribution in [0.25, 0.3) is 17.1 Å². The topological polar surface area (TPSA) is 52.8 Å². The molecule has 0 N–H and O–H groups in total. The van der Waals surface area contributed by atoms with Gasteiger partial charge in [0.15, 0.2) is 11.0 Å². The molecule has 2 heterocycles. The minimum atomic E-state index is 0.539. The Hall–Kier alpha value is -2.54. The number of rotatable bonds is 6. The van der Waals surface area contributed by atoms with Crippen molar-refractivity contribution in [1.82, 2.24) is 19.7 Å². The lowest BCUT2D eigenvalue weighted by Crippen LogP contribution is -2.00. The Labute approximate surface area is 182 Å². The zero-order valence-electron chi connectivity index (χ0n) is 15.4. The average molecular weight is 443 g/mol. The number of pyridine rings is 1. The minimum absolute atomic E-state index is 0.539. The quantitative estimate of drug-likeness (QED) is 0.346. The Morgan fingerprint density at radius 3 is 2.52 bits per heavy atom. The summed E-state index contributed by atoms with van der Waals surface area (Å²) in [5.74, 6) is 2.19. The molecule has 0 fully saturated rings. The molecule has 0 aliphatic carbocycles. The Morgan fingerprint density at radius 2 is 1.83 bits per heavy atom. The molecule has 0 bridgehead atoms. The molecular weight excluding hydrogens is 427 g/mol. The van der Waals surface area contributed by atoms with Gasteiger partial charge < -0.3 is 4.74 Å². The SMILES string of the molecule is COc1ccc(-n2c(SCc3ccc(Cl)c(Cl)c3)nnc2-c2cccnc2)cc1. The van der Waals surface area contributed by atoms with Crippen molar-refractivity contribution in [2.24, 2.45) is 0 Å². The summed E-state index contributed by atoms with van der Waals surface area (Å²) in [6.07, 6.45) is 3.51. The van der Waals surface area contributed by atoms with Crippen LogP contribution in [0.2, 0.25) is 10.0 Å². The van der Waals surface area contributed by atoms with Crippen LogP contribution < -0.4 is 4.74 Å². The van der Waals surface area contributed by atoms with Gasteiger partial charge in [-0.15, -0.1) is 10.2 Å². The van der Waals surface area contributed by atoms with E-state index in [1.165, 1.54) is 0 Å². The maximum atomic E-state index is 6.14. The third kappa shape index (κ3) is 4.40. The Kier molecular flexibility index (Phi) is 6.04. The molecule has 0 saturated carbocycles. The molecule has 5 nitrogen and oxygen atoms in total. The van der Waals surface area contributed by atoms with Gasteiger partial charge in [0, 0.05) is 29.4 Å². The van der Waals surface area contributed by atoms with Crippen molar-refractivity contribution in [3.8, 4) is 22.8 Å². The van der Waals surface area contributed by atoms with Crippen molar-refractivity contribution >= 4 is 35.0 Å². The van der Waals surface area contributed by atoms with Crippen molar-refractivity contribution in [3.63, 3.8) is 0 Å². The van der Waals surface area contributed by atoms with Crippen molar-refractivity contribution in [1.29, 1.82) is 0 Å². The molecule has 4 aromatic rings. The summed E-state index contributed by atoms with van der Waals surface area (Å²) < 4.78 is 7.29. The zero-order valence-corrected chi connectivity index (χ0v) is 17.7. The lowest BCUT2D eigenvalue weighted by Gasteiger charge is -2.11. The van der Waals surface area contributed by atoms with Crippen LogP contribution in [0.4, 0.5) is 0 Å². The maximum absolute atomic E-state index is 6.14. The van der Waals surface area contributed by atoms with Gasteiger partial charge in [-0.3, -0.25) is 9.55 Å². The van der Waals surface area contributed by atoms with Gasteiger partial charge in [-0.1, -0.05) is 41.0 Å². The van der Waals surface area contributed by atoms with Gasteiger partial charge >= 0.3 is 0 Å². The number of hydrogen-bond donors (Lipinski definition) is 0. The highest BCUT2D eigenvalue weighted by Gasteiger charge is 2.16. The van der Waals surface area contributed by atoms with E-state index in [2.05, 4.69) is 15.2 Å². The lowest BCUT2D eigenvalue weighted by molar-refractivity contribution is 0.414. The number of ether oxygens (including phenoxy) is 1. The molecule has 146 valence electrons. The van der Waals surface area contributed by atoms with E-state index in [-0.39, 0.29) is 0 Å². The Morgan fingerprint density at radius 1 is 1.00 bits per heavy atom. The van der Waals surface area contributed by atoms with Crippen molar-refractivity contribution in [2.45, 2.75) is 10.9 Å². The molecule has 2 aromatic carbocycles. The number of halogens is 2. The first-order valence-corrected chi connectivity index (χ1v) is 10.5. The monoisotopic (exact) mass is 442 g/mol. The molecule has 0 unspecified atom stereocenters. The van der Waals surface area contributed by atoms with Crippen LogP contribution in [0.3, 0.4) is 0 Å². The summed E-state index contributed by atoms with van der Waals surface area (Å²) in [6, 6.07) is 17.2. The van der Waals surface area contributed by atoms with Crippen LogP contribution in [0.15, 0.2) is 72.1 Å². The van der Waals surface area contributed by atoms with Crippen LogP contribution in [0, 0.1) is 0 Å². The molecular formula is C21H16Cl2N4OS. The standard InChI is InChI=1S/C21H16Cl2N4OS/c1-28-17-7-5-16(6-8-17)27-20(15-3-2-10-24-12-15)25-26-21(27)29-13-14-4-9-18(22)19(23)11-14/h2-12H,13H2,1H3. The fourth-order valence-corrected chi connectivity index (χ4v) is 4.00. The predicted molar refractivity (Wildman–Crippen MR) is 117 cm³/mol. The molecule has 0 aliphatic heterocycles. The number of methoxy groups -OCH3 is 1. The smallest absolute Gasteiger partial charge is 0.196 e. The number of thioether (sulfide) groups is 1. The molecule has 0 saturated heterocycles.